The van der Waals surface area contributed by atoms with E-state index >= 15 is 0 Å². The number of benzene rings is 1. The normalized spacial score (nSPS) is 16.2. The van der Waals surface area contributed by atoms with Gasteiger partial charge in [0.15, 0.2) is 5.82 Å². The summed E-state index contributed by atoms with van der Waals surface area (Å²) in [7, 11) is -3.75. The Morgan fingerprint density at radius 3 is 2.50 bits per heavy atom. The fourth-order valence-corrected chi connectivity index (χ4v) is 4.89. The Kier molecular flexibility index (Phi) is 5.64. The van der Waals surface area contributed by atoms with Gasteiger partial charge in [0.1, 0.15) is 10.7 Å². The van der Waals surface area contributed by atoms with Gasteiger partial charge in [-0.05, 0) is 38.0 Å². The highest BCUT2D eigenvalue weighted by molar-refractivity contribution is 7.89. The molecule has 0 bridgehead atoms. The molecule has 9 heteroatoms. The van der Waals surface area contributed by atoms with Crippen LogP contribution in [0.5, 0.6) is 0 Å². The average molecular weight is 398 g/mol. The number of halogens is 1. The molecule has 3 rings (SSSR count). The van der Waals surface area contributed by atoms with E-state index in [0.717, 1.165) is 25.7 Å². The van der Waals surface area contributed by atoms with Gasteiger partial charge in [-0.2, -0.15) is 4.31 Å². The van der Waals surface area contributed by atoms with Crippen LogP contribution in [0.4, 0.5) is 5.82 Å². The third-order valence-electron chi connectivity index (χ3n) is 4.25. The number of sulfonamides is 1. The standard InChI is InChI=1S/C17H20ClN3O4S/c1-12-10-16(20-25-12)19-17(22)13-6-7-14(18)15(11-13)26(23,24)21-8-4-2-3-5-9-21/h6-7,10-11H,2-5,8-9H2,1H3,(H,19,20,22). The second-order valence-corrected chi connectivity index (χ2v) is 8.55. The number of amides is 1. The van der Waals surface area contributed by atoms with E-state index in [4.69, 9.17) is 16.1 Å². The van der Waals surface area contributed by atoms with Crippen molar-refractivity contribution in [3.05, 3.63) is 40.6 Å². The van der Waals surface area contributed by atoms with E-state index in [1.807, 2.05) is 0 Å². The lowest BCUT2D eigenvalue weighted by Crippen LogP contribution is -2.32. The van der Waals surface area contributed by atoms with E-state index in [1.54, 1.807) is 13.0 Å². The minimum absolute atomic E-state index is 0.0509. The molecule has 1 aromatic heterocycles. The molecule has 1 fully saturated rings. The van der Waals surface area contributed by atoms with Crippen LogP contribution in [-0.2, 0) is 10.0 Å². The number of aryl methyl sites for hydroxylation is 1. The van der Waals surface area contributed by atoms with Gasteiger partial charge in [-0.25, -0.2) is 8.42 Å². The Hall–Kier alpha value is -1.90. The number of carbonyl (C=O) groups is 1. The molecule has 0 radical (unpaired) electrons. The second-order valence-electron chi connectivity index (χ2n) is 6.24. The molecular weight excluding hydrogens is 378 g/mol. The third kappa shape index (κ3) is 4.08. The first-order valence-electron chi connectivity index (χ1n) is 8.42. The van der Waals surface area contributed by atoms with Gasteiger partial charge in [0.05, 0.1) is 5.02 Å². The number of hydrogen-bond acceptors (Lipinski definition) is 5. The lowest BCUT2D eigenvalue weighted by Gasteiger charge is -2.21. The maximum Gasteiger partial charge on any atom is 0.256 e. The van der Waals surface area contributed by atoms with Crippen LogP contribution in [0.15, 0.2) is 33.7 Å². The van der Waals surface area contributed by atoms with E-state index < -0.39 is 15.9 Å². The van der Waals surface area contributed by atoms with Crippen molar-refractivity contribution >= 4 is 33.3 Å². The fourth-order valence-electron chi connectivity index (χ4n) is 2.88. The average Bonchev–Trinajstić information content (AvgIpc) is 2.85. The van der Waals surface area contributed by atoms with E-state index in [-0.39, 0.29) is 21.3 Å². The highest BCUT2D eigenvalue weighted by Gasteiger charge is 2.28. The Bertz CT molecular complexity index is 902. The summed E-state index contributed by atoms with van der Waals surface area (Å²) < 4.78 is 32.3. The highest BCUT2D eigenvalue weighted by Crippen LogP contribution is 2.28. The Labute approximate surface area is 157 Å². The molecule has 1 amide bonds. The molecule has 0 aliphatic carbocycles. The molecule has 2 aromatic rings. The molecule has 0 unspecified atom stereocenters. The van der Waals surface area contributed by atoms with E-state index in [1.165, 1.54) is 22.5 Å². The van der Waals surface area contributed by atoms with E-state index in [2.05, 4.69) is 10.5 Å². The fraction of sp³-hybridized carbons (Fsp3) is 0.412. The van der Waals surface area contributed by atoms with Gasteiger partial charge in [0.25, 0.3) is 5.91 Å². The van der Waals surface area contributed by atoms with Gasteiger partial charge in [0.2, 0.25) is 10.0 Å². The maximum atomic E-state index is 13.0. The molecule has 26 heavy (non-hydrogen) atoms. The molecule has 1 aliphatic heterocycles. The van der Waals surface area contributed by atoms with Gasteiger partial charge < -0.3 is 9.84 Å². The van der Waals surface area contributed by atoms with Crippen molar-refractivity contribution in [1.29, 1.82) is 0 Å². The molecule has 0 saturated carbocycles. The summed E-state index contributed by atoms with van der Waals surface area (Å²) in [5.74, 6) is 0.336. The van der Waals surface area contributed by atoms with Crippen LogP contribution in [0.2, 0.25) is 5.02 Å². The molecule has 1 N–H and O–H groups in total. The van der Waals surface area contributed by atoms with Crippen LogP contribution >= 0.6 is 11.6 Å². The molecular formula is C17H20ClN3O4S. The lowest BCUT2D eigenvalue weighted by molar-refractivity contribution is 0.102. The van der Waals surface area contributed by atoms with E-state index in [0.29, 0.717) is 18.8 Å². The maximum absolute atomic E-state index is 13.0. The second kappa shape index (κ2) is 7.77. The number of anilines is 1. The zero-order chi connectivity index (χ0) is 18.7. The van der Waals surface area contributed by atoms with Gasteiger partial charge in [-0.1, -0.05) is 29.6 Å². The predicted octanol–water partition coefficient (Wildman–Crippen LogP) is 3.45. The summed E-state index contributed by atoms with van der Waals surface area (Å²) in [5.41, 5.74) is 0.184. The van der Waals surface area contributed by atoms with Crippen LogP contribution < -0.4 is 5.32 Å². The summed E-state index contributed by atoms with van der Waals surface area (Å²) in [6.45, 7) is 2.64. The van der Waals surface area contributed by atoms with Crippen molar-refractivity contribution in [3.8, 4) is 0 Å². The summed E-state index contributed by atoms with van der Waals surface area (Å²) in [4.78, 5) is 12.3. The Morgan fingerprint density at radius 2 is 1.88 bits per heavy atom. The zero-order valence-electron chi connectivity index (χ0n) is 14.4. The van der Waals surface area contributed by atoms with Gasteiger partial charge >= 0.3 is 0 Å². The quantitative estimate of drug-likeness (QED) is 0.852. The molecule has 1 aromatic carbocycles. The number of nitrogens with one attached hydrogen (secondary N) is 1. The molecule has 2 heterocycles. The molecule has 1 aliphatic rings. The third-order valence-corrected chi connectivity index (χ3v) is 6.63. The van der Waals surface area contributed by atoms with E-state index in [9.17, 15) is 13.2 Å². The Balaban J connectivity index is 1.88. The molecule has 0 atom stereocenters. The highest BCUT2D eigenvalue weighted by atomic mass is 35.5. The topological polar surface area (TPSA) is 92.5 Å². The van der Waals surface area contributed by atoms with Crippen LogP contribution in [-0.4, -0.2) is 36.9 Å². The summed E-state index contributed by atoms with van der Waals surface area (Å²) in [6.07, 6.45) is 3.67. The van der Waals surface area contributed by atoms with Crippen LogP contribution in [0.3, 0.4) is 0 Å². The lowest BCUT2D eigenvalue weighted by atomic mass is 10.2. The first kappa shape index (κ1) is 18.9. The predicted molar refractivity (Wildman–Crippen MR) is 97.9 cm³/mol. The first-order valence-corrected chi connectivity index (χ1v) is 10.2. The Morgan fingerprint density at radius 1 is 1.19 bits per heavy atom. The molecule has 140 valence electrons. The number of carbonyl (C=O) groups excluding carboxylic acids is 1. The van der Waals surface area contributed by atoms with Crippen molar-refractivity contribution in [2.45, 2.75) is 37.5 Å². The number of nitrogens with zero attached hydrogens (tertiary/aromatic N) is 2. The van der Waals surface area contributed by atoms with Crippen molar-refractivity contribution < 1.29 is 17.7 Å². The first-order chi connectivity index (χ1) is 12.4. The molecule has 0 spiro atoms. The van der Waals surface area contributed by atoms with Crippen molar-refractivity contribution in [3.63, 3.8) is 0 Å². The van der Waals surface area contributed by atoms with Gasteiger partial charge in [-0.3, -0.25) is 4.79 Å². The van der Waals surface area contributed by atoms with Crippen molar-refractivity contribution in [2.75, 3.05) is 18.4 Å². The monoisotopic (exact) mass is 397 g/mol. The SMILES string of the molecule is Cc1cc(NC(=O)c2ccc(Cl)c(S(=O)(=O)N3CCCCCC3)c2)no1. The summed E-state index contributed by atoms with van der Waals surface area (Å²) in [6, 6.07) is 5.79. The minimum Gasteiger partial charge on any atom is -0.360 e. The van der Waals surface area contributed by atoms with Crippen LogP contribution in [0, 0.1) is 6.92 Å². The van der Waals surface area contributed by atoms with Crippen molar-refractivity contribution in [1.82, 2.24) is 9.46 Å². The van der Waals surface area contributed by atoms with Crippen LogP contribution in [0.1, 0.15) is 41.8 Å². The smallest absolute Gasteiger partial charge is 0.256 e. The summed E-state index contributed by atoms with van der Waals surface area (Å²) >= 11 is 6.14. The molecule has 1 saturated heterocycles. The number of aromatic nitrogens is 1. The largest absolute Gasteiger partial charge is 0.360 e. The van der Waals surface area contributed by atoms with Crippen LogP contribution in [0.25, 0.3) is 0 Å². The minimum atomic E-state index is -3.75. The van der Waals surface area contributed by atoms with Gasteiger partial charge in [-0.15, -0.1) is 0 Å². The summed E-state index contributed by atoms with van der Waals surface area (Å²) in [5, 5.41) is 6.37. The van der Waals surface area contributed by atoms with Crippen molar-refractivity contribution in [2.24, 2.45) is 0 Å². The number of rotatable bonds is 4. The molecule has 7 nitrogen and oxygen atoms in total. The number of hydrogen-bond donors (Lipinski definition) is 1. The van der Waals surface area contributed by atoms with Gasteiger partial charge in [0, 0.05) is 24.7 Å². The zero-order valence-corrected chi connectivity index (χ0v) is 15.9.